The van der Waals surface area contributed by atoms with Gasteiger partial charge in [-0.3, -0.25) is 9.78 Å². The summed E-state index contributed by atoms with van der Waals surface area (Å²) in [6.45, 7) is 0.649. The molecule has 0 radical (unpaired) electrons. The van der Waals surface area contributed by atoms with E-state index in [1.807, 2.05) is 54.6 Å². The van der Waals surface area contributed by atoms with E-state index in [9.17, 15) is 9.59 Å². The highest BCUT2D eigenvalue weighted by atomic mass is 16.5. The van der Waals surface area contributed by atoms with Crippen molar-refractivity contribution in [2.45, 2.75) is 38.1 Å². The standard InChI is InChI=1S/C28H31N3O4/c29-19-20-9-11-22(12-10-20)27(32)31-26(28(33)35-24-13-15-30-16-14-24)18-21-5-4-8-25(17-21)34-23-6-2-1-3-7-23/h1-8,13-17,20,22,26H,9-12,18-19,29H2,(H,31,32)/t20?,22?,26-/m0/s1. The first kappa shape index (κ1) is 24.4. The van der Waals surface area contributed by atoms with Gasteiger partial charge in [-0.25, -0.2) is 4.79 Å². The molecule has 0 bridgehead atoms. The largest absolute Gasteiger partial charge is 0.457 e. The van der Waals surface area contributed by atoms with E-state index < -0.39 is 12.0 Å². The molecule has 0 unspecified atom stereocenters. The highest BCUT2D eigenvalue weighted by molar-refractivity contribution is 5.87. The van der Waals surface area contributed by atoms with Crippen LogP contribution < -0.4 is 20.5 Å². The molecule has 1 saturated carbocycles. The lowest BCUT2D eigenvalue weighted by molar-refractivity contribution is -0.140. The van der Waals surface area contributed by atoms with Gasteiger partial charge in [-0.2, -0.15) is 0 Å². The van der Waals surface area contributed by atoms with Gasteiger partial charge in [-0.15, -0.1) is 0 Å². The van der Waals surface area contributed by atoms with E-state index in [4.69, 9.17) is 15.2 Å². The molecule has 182 valence electrons. The Bertz CT molecular complexity index is 1100. The molecule has 2 aromatic carbocycles. The molecule has 1 aliphatic carbocycles. The normalized spacial score (nSPS) is 18.3. The fourth-order valence-electron chi connectivity index (χ4n) is 4.33. The van der Waals surface area contributed by atoms with Crippen molar-refractivity contribution < 1.29 is 19.1 Å². The maximum atomic E-state index is 13.1. The number of esters is 1. The van der Waals surface area contributed by atoms with Crippen molar-refractivity contribution in [3.8, 4) is 17.2 Å². The van der Waals surface area contributed by atoms with Crippen molar-refractivity contribution in [3.63, 3.8) is 0 Å². The fourth-order valence-corrected chi connectivity index (χ4v) is 4.33. The number of aromatic nitrogens is 1. The lowest BCUT2D eigenvalue weighted by Gasteiger charge is -2.28. The van der Waals surface area contributed by atoms with E-state index in [2.05, 4.69) is 10.3 Å². The van der Waals surface area contributed by atoms with Crippen molar-refractivity contribution in [1.29, 1.82) is 0 Å². The van der Waals surface area contributed by atoms with Gasteiger partial charge >= 0.3 is 5.97 Å². The molecule has 1 amide bonds. The highest BCUT2D eigenvalue weighted by Gasteiger charge is 2.30. The Morgan fingerprint density at radius 2 is 1.63 bits per heavy atom. The molecule has 1 atom stereocenters. The summed E-state index contributed by atoms with van der Waals surface area (Å²) in [5, 5.41) is 2.96. The molecule has 0 saturated heterocycles. The summed E-state index contributed by atoms with van der Waals surface area (Å²) in [5.74, 6) is 1.47. The number of carbonyl (C=O) groups excluding carboxylic acids is 2. The van der Waals surface area contributed by atoms with Crippen LogP contribution in [0.3, 0.4) is 0 Å². The quantitative estimate of drug-likeness (QED) is 0.450. The van der Waals surface area contributed by atoms with Gasteiger partial charge in [-0.05, 0) is 80.1 Å². The minimum Gasteiger partial charge on any atom is -0.457 e. The molecule has 1 heterocycles. The summed E-state index contributed by atoms with van der Waals surface area (Å²) in [5.41, 5.74) is 6.64. The molecule has 1 aliphatic rings. The van der Waals surface area contributed by atoms with Crippen LogP contribution in [0.25, 0.3) is 0 Å². The molecular formula is C28H31N3O4. The van der Waals surface area contributed by atoms with Crippen LogP contribution in [0.5, 0.6) is 17.2 Å². The number of nitrogens with zero attached hydrogens (tertiary/aromatic N) is 1. The average molecular weight is 474 g/mol. The molecule has 7 heteroatoms. The lowest BCUT2D eigenvalue weighted by atomic mass is 9.81. The van der Waals surface area contributed by atoms with Gasteiger partial charge in [0.05, 0.1) is 0 Å². The van der Waals surface area contributed by atoms with Crippen LogP contribution in [0.2, 0.25) is 0 Å². The van der Waals surface area contributed by atoms with Crippen LogP contribution in [-0.2, 0) is 16.0 Å². The van der Waals surface area contributed by atoms with Gasteiger partial charge in [0.2, 0.25) is 5.91 Å². The molecule has 0 aliphatic heterocycles. The predicted octanol–water partition coefficient (Wildman–Crippen LogP) is 4.27. The van der Waals surface area contributed by atoms with Gasteiger partial charge in [-0.1, -0.05) is 30.3 Å². The SMILES string of the molecule is NCC1CCC(C(=O)N[C@@H](Cc2cccc(Oc3ccccc3)c2)C(=O)Oc2ccncc2)CC1. The molecule has 7 nitrogen and oxygen atoms in total. The summed E-state index contributed by atoms with van der Waals surface area (Å²) < 4.78 is 11.5. The Kier molecular flexibility index (Phi) is 8.46. The number of benzene rings is 2. The zero-order valence-electron chi connectivity index (χ0n) is 19.6. The topological polar surface area (TPSA) is 104 Å². The van der Waals surface area contributed by atoms with Crippen LogP contribution in [0.1, 0.15) is 31.2 Å². The number of para-hydroxylation sites is 1. The molecular weight excluding hydrogens is 442 g/mol. The molecule has 0 spiro atoms. The number of nitrogens with two attached hydrogens (primary N) is 1. The molecule has 3 aromatic rings. The maximum Gasteiger partial charge on any atom is 0.334 e. The van der Waals surface area contributed by atoms with Gasteiger partial charge in [0.25, 0.3) is 0 Å². The van der Waals surface area contributed by atoms with Gasteiger partial charge < -0.3 is 20.5 Å². The van der Waals surface area contributed by atoms with E-state index in [0.29, 0.717) is 24.0 Å². The molecule has 1 fully saturated rings. The Morgan fingerprint density at radius 1 is 0.914 bits per heavy atom. The van der Waals surface area contributed by atoms with Crippen molar-refractivity contribution in [2.24, 2.45) is 17.6 Å². The predicted molar refractivity (Wildman–Crippen MR) is 133 cm³/mol. The first-order chi connectivity index (χ1) is 17.1. The molecule has 1 aromatic heterocycles. The summed E-state index contributed by atoms with van der Waals surface area (Å²) in [7, 11) is 0. The third-order valence-electron chi connectivity index (χ3n) is 6.34. The summed E-state index contributed by atoms with van der Waals surface area (Å²) in [4.78, 5) is 30.1. The number of amides is 1. The number of carbonyl (C=O) groups is 2. The number of rotatable bonds is 9. The Hall–Kier alpha value is -3.71. The number of nitrogens with one attached hydrogen (secondary N) is 1. The van der Waals surface area contributed by atoms with Crippen molar-refractivity contribution in [2.75, 3.05) is 6.54 Å². The number of ether oxygens (including phenoxy) is 2. The second-order valence-electron chi connectivity index (χ2n) is 8.89. The van der Waals surface area contributed by atoms with Crippen molar-refractivity contribution in [3.05, 3.63) is 84.7 Å². The number of hydrogen-bond acceptors (Lipinski definition) is 6. The van der Waals surface area contributed by atoms with E-state index in [-0.39, 0.29) is 18.2 Å². The van der Waals surface area contributed by atoms with Gasteiger partial charge in [0.15, 0.2) is 0 Å². The number of hydrogen-bond donors (Lipinski definition) is 2. The van der Waals surface area contributed by atoms with Gasteiger partial charge in [0, 0.05) is 24.7 Å². The highest BCUT2D eigenvalue weighted by Crippen LogP contribution is 2.28. The van der Waals surface area contributed by atoms with Crippen LogP contribution in [0.4, 0.5) is 0 Å². The molecule has 35 heavy (non-hydrogen) atoms. The van der Waals surface area contributed by atoms with Crippen molar-refractivity contribution >= 4 is 11.9 Å². The molecule has 4 rings (SSSR count). The Morgan fingerprint density at radius 3 is 2.34 bits per heavy atom. The minimum atomic E-state index is -0.838. The van der Waals surface area contributed by atoms with Crippen LogP contribution in [0.15, 0.2) is 79.1 Å². The lowest BCUT2D eigenvalue weighted by Crippen LogP contribution is -2.47. The zero-order valence-corrected chi connectivity index (χ0v) is 19.6. The third-order valence-corrected chi connectivity index (χ3v) is 6.34. The summed E-state index contributed by atoms with van der Waals surface area (Å²) in [6, 6.07) is 19.4. The fraction of sp³-hybridized carbons (Fsp3) is 0.321. The first-order valence-corrected chi connectivity index (χ1v) is 12.0. The summed E-state index contributed by atoms with van der Waals surface area (Å²) in [6.07, 6.45) is 6.80. The number of pyridine rings is 1. The van der Waals surface area contributed by atoms with Crippen molar-refractivity contribution in [1.82, 2.24) is 10.3 Å². The maximum absolute atomic E-state index is 13.1. The monoisotopic (exact) mass is 473 g/mol. The smallest absolute Gasteiger partial charge is 0.334 e. The molecule has 3 N–H and O–H groups in total. The van der Waals surface area contributed by atoms with E-state index in [0.717, 1.165) is 37.0 Å². The van der Waals surface area contributed by atoms with Crippen LogP contribution in [-0.4, -0.2) is 29.4 Å². The Balaban J connectivity index is 1.47. The van der Waals surface area contributed by atoms with Crippen LogP contribution >= 0.6 is 0 Å². The van der Waals surface area contributed by atoms with E-state index in [1.54, 1.807) is 24.5 Å². The zero-order chi connectivity index (χ0) is 24.5. The average Bonchev–Trinajstić information content (AvgIpc) is 2.89. The second-order valence-corrected chi connectivity index (χ2v) is 8.89. The van der Waals surface area contributed by atoms with E-state index in [1.165, 1.54) is 0 Å². The second kappa shape index (κ2) is 12.1. The first-order valence-electron chi connectivity index (χ1n) is 12.0. The Labute approximate surface area is 205 Å². The van der Waals surface area contributed by atoms with Gasteiger partial charge in [0.1, 0.15) is 23.3 Å². The minimum absolute atomic E-state index is 0.117. The third kappa shape index (κ3) is 7.13. The van der Waals surface area contributed by atoms with Crippen LogP contribution in [0, 0.1) is 11.8 Å². The van der Waals surface area contributed by atoms with E-state index >= 15 is 0 Å². The summed E-state index contributed by atoms with van der Waals surface area (Å²) >= 11 is 0.